The van der Waals surface area contributed by atoms with Gasteiger partial charge in [-0.3, -0.25) is 4.79 Å². The Morgan fingerprint density at radius 2 is 2.18 bits per heavy atom. The molecule has 0 spiro atoms. The summed E-state index contributed by atoms with van der Waals surface area (Å²) in [6.07, 6.45) is 3.15. The van der Waals surface area contributed by atoms with Gasteiger partial charge in [0.05, 0.1) is 7.11 Å². The number of carbonyl (C=O) groups excluding carboxylic acids is 1. The van der Waals surface area contributed by atoms with E-state index in [4.69, 9.17) is 9.47 Å². The lowest BCUT2D eigenvalue weighted by Gasteiger charge is -2.09. The van der Waals surface area contributed by atoms with Crippen molar-refractivity contribution in [2.45, 2.75) is 6.92 Å². The molecule has 92 valence electrons. The van der Waals surface area contributed by atoms with E-state index in [1.165, 1.54) is 20.1 Å². The summed E-state index contributed by atoms with van der Waals surface area (Å²) in [7, 11) is 1.51. The van der Waals surface area contributed by atoms with Gasteiger partial charge in [-0.1, -0.05) is 12.1 Å². The smallest absolute Gasteiger partial charge is 0.161 e. The Bertz CT molecular complexity index is 413. The third-order valence-corrected chi connectivity index (χ3v) is 2.03. The highest BCUT2D eigenvalue weighted by atomic mass is 19.1. The topological polar surface area (TPSA) is 35.5 Å². The molecule has 0 saturated carbocycles. The quantitative estimate of drug-likeness (QED) is 0.715. The van der Waals surface area contributed by atoms with Crippen LogP contribution >= 0.6 is 0 Å². The van der Waals surface area contributed by atoms with Crippen LogP contribution < -0.4 is 9.47 Å². The average molecular weight is 238 g/mol. The van der Waals surface area contributed by atoms with E-state index in [0.717, 1.165) is 5.56 Å². The molecule has 0 fully saturated rings. The fourth-order valence-corrected chi connectivity index (χ4v) is 1.27. The molecule has 0 aromatic heterocycles. The first-order chi connectivity index (χ1) is 8.17. The van der Waals surface area contributed by atoms with Crippen molar-refractivity contribution in [3.05, 3.63) is 29.8 Å². The third-order valence-electron chi connectivity index (χ3n) is 2.03. The standard InChI is InChI=1S/C13H15FO3/c1-10(15)3-4-11-5-6-12(17-8-7-14)13(9-11)16-2/h3-6,9H,7-8H2,1-2H3/b4-3+. The first kappa shape index (κ1) is 13.2. The normalized spacial score (nSPS) is 10.5. The molecule has 0 saturated heterocycles. The van der Waals surface area contributed by atoms with Crippen molar-refractivity contribution in [3.8, 4) is 11.5 Å². The summed E-state index contributed by atoms with van der Waals surface area (Å²) in [5, 5.41) is 0. The lowest BCUT2D eigenvalue weighted by Crippen LogP contribution is -2.00. The van der Waals surface area contributed by atoms with Crippen LogP contribution in [0, 0.1) is 0 Å². The number of benzene rings is 1. The fourth-order valence-electron chi connectivity index (χ4n) is 1.27. The van der Waals surface area contributed by atoms with Gasteiger partial charge in [0.25, 0.3) is 0 Å². The van der Waals surface area contributed by atoms with E-state index >= 15 is 0 Å². The summed E-state index contributed by atoms with van der Waals surface area (Å²) < 4.78 is 22.3. The van der Waals surface area contributed by atoms with Crippen molar-refractivity contribution < 1.29 is 18.7 Å². The maximum atomic E-state index is 12.0. The Labute approximate surface area is 99.9 Å². The Hall–Kier alpha value is -1.84. The third kappa shape index (κ3) is 4.26. The highest BCUT2D eigenvalue weighted by Gasteiger charge is 2.04. The largest absolute Gasteiger partial charge is 0.493 e. The molecule has 4 heteroatoms. The van der Waals surface area contributed by atoms with Gasteiger partial charge in [0.2, 0.25) is 0 Å². The second-order valence-corrected chi connectivity index (χ2v) is 3.39. The van der Waals surface area contributed by atoms with Gasteiger partial charge in [0.15, 0.2) is 17.3 Å². The lowest BCUT2D eigenvalue weighted by atomic mass is 10.2. The van der Waals surface area contributed by atoms with E-state index in [-0.39, 0.29) is 12.4 Å². The van der Waals surface area contributed by atoms with Crippen LogP contribution in [-0.4, -0.2) is 26.2 Å². The van der Waals surface area contributed by atoms with Gasteiger partial charge in [-0.15, -0.1) is 0 Å². The van der Waals surface area contributed by atoms with Crippen LogP contribution in [-0.2, 0) is 4.79 Å². The van der Waals surface area contributed by atoms with E-state index in [1.807, 2.05) is 0 Å². The summed E-state index contributed by atoms with van der Waals surface area (Å²) in [6, 6.07) is 5.19. The van der Waals surface area contributed by atoms with Gasteiger partial charge < -0.3 is 9.47 Å². The van der Waals surface area contributed by atoms with Gasteiger partial charge in [0.1, 0.15) is 13.3 Å². The number of carbonyl (C=O) groups is 1. The van der Waals surface area contributed by atoms with Crippen molar-refractivity contribution in [2.24, 2.45) is 0 Å². The molecule has 0 bridgehead atoms. The minimum Gasteiger partial charge on any atom is -0.493 e. The molecule has 0 N–H and O–H groups in total. The zero-order chi connectivity index (χ0) is 12.7. The van der Waals surface area contributed by atoms with Gasteiger partial charge in [-0.2, -0.15) is 0 Å². The summed E-state index contributed by atoms with van der Waals surface area (Å²) >= 11 is 0. The number of rotatable bonds is 6. The molecular weight excluding hydrogens is 223 g/mol. The number of methoxy groups -OCH3 is 1. The molecule has 1 aromatic rings. The molecule has 0 unspecified atom stereocenters. The highest BCUT2D eigenvalue weighted by Crippen LogP contribution is 2.28. The summed E-state index contributed by atoms with van der Waals surface area (Å²) in [5.41, 5.74) is 0.824. The molecule has 0 heterocycles. The van der Waals surface area contributed by atoms with E-state index in [0.29, 0.717) is 11.5 Å². The van der Waals surface area contributed by atoms with Crippen molar-refractivity contribution in [1.82, 2.24) is 0 Å². The monoisotopic (exact) mass is 238 g/mol. The van der Waals surface area contributed by atoms with Crippen LogP contribution in [0.5, 0.6) is 11.5 Å². The summed E-state index contributed by atoms with van der Waals surface area (Å²) in [6.45, 7) is 0.931. The Kier molecular flexibility index (Phi) is 5.20. The van der Waals surface area contributed by atoms with Crippen LogP contribution in [0.1, 0.15) is 12.5 Å². The maximum Gasteiger partial charge on any atom is 0.161 e. The maximum absolute atomic E-state index is 12.0. The van der Waals surface area contributed by atoms with Crippen LogP contribution in [0.4, 0.5) is 4.39 Å². The van der Waals surface area contributed by atoms with E-state index in [9.17, 15) is 9.18 Å². The van der Waals surface area contributed by atoms with Gasteiger partial charge >= 0.3 is 0 Å². The minimum absolute atomic E-state index is 0.00100. The average Bonchev–Trinajstić information content (AvgIpc) is 2.34. The molecule has 0 radical (unpaired) electrons. The van der Waals surface area contributed by atoms with Gasteiger partial charge in [-0.25, -0.2) is 4.39 Å². The Morgan fingerprint density at radius 3 is 2.76 bits per heavy atom. The molecular formula is C13H15FO3. The number of ether oxygens (including phenoxy) is 2. The van der Waals surface area contributed by atoms with E-state index in [1.54, 1.807) is 24.3 Å². The first-order valence-electron chi connectivity index (χ1n) is 5.23. The lowest BCUT2D eigenvalue weighted by molar-refractivity contribution is -0.112. The number of ketones is 1. The number of halogens is 1. The number of hydrogen-bond donors (Lipinski definition) is 0. The molecule has 3 nitrogen and oxygen atoms in total. The Morgan fingerprint density at radius 1 is 1.41 bits per heavy atom. The van der Waals surface area contributed by atoms with Crippen molar-refractivity contribution in [2.75, 3.05) is 20.4 Å². The predicted molar refractivity (Wildman–Crippen MR) is 64.2 cm³/mol. The molecule has 1 rings (SSSR count). The molecule has 0 aliphatic heterocycles. The second kappa shape index (κ2) is 6.68. The molecule has 1 aromatic carbocycles. The number of hydrogen-bond acceptors (Lipinski definition) is 3. The van der Waals surface area contributed by atoms with Crippen LogP contribution in [0.25, 0.3) is 6.08 Å². The van der Waals surface area contributed by atoms with Gasteiger partial charge in [-0.05, 0) is 30.7 Å². The Balaban J connectivity index is 2.87. The highest BCUT2D eigenvalue weighted by molar-refractivity contribution is 5.91. The van der Waals surface area contributed by atoms with Crippen LogP contribution in [0.2, 0.25) is 0 Å². The summed E-state index contributed by atoms with van der Waals surface area (Å²) in [5.74, 6) is 0.982. The van der Waals surface area contributed by atoms with E-state index in [2.05, 4.69) is 0 Å². The summed E-state index contributed by atoms with van der Waals surface area (Å²) in [4.78, 5) is 10.8. The molecule has 17 heavy (non-hydrogen) atoms. The zero-order valence-electron chi connectivity index (χ0n) is 9.90. The minimum atomic E-state index is -0.546. The molecule has 0 aliphatic carbocycles. The second-order valence-electron chi connectivity index (χ2n) is 3.39. The fraction of sp³-hybridized carbons (Fsp3) is 0.308. The van der Waals surface area contributed by atoms with Crippen molar-refractivity contribution in [3.63, 3.8) is 0 Å². The first-order valence-corrected chi connectivity index (χ1v) is 5.23. The van der Waals surface area contributed by atoms with Crippen LogP contribution in [0.15, 0.2) is 24.3 Å². The molecule has 0 aliphatic rings. The molecule has 0 atom stereocenters. The van der Waals surface area contributed by atoms with E-state index < -0.39 is 6.67 Å². The number of alkyl halides is 1. The number of allylic oxidation sites excluding steroid dienone is 1. The van der Waals surface area contributed by atoms with Crippen molar-refractivity contribution in [1.29, 1.82) is 0 Å². The van der Waals surface area contributed by atoms with Gasteiger partial charge in [0, 0.05) is 0 Å². The molecule has 0 amide bonds. The predicted octanol–water partition coefficient (Wildman–Crippen LogP) is 2.65. The SMILES string of the molecule is COc1cc(/C=C/C(C)=O)ccc1OCCF. The zero-order valence-corrected chi connectivity index (χ0v) is 9.90. The van der Waals surface area contributed by atoms with Crippen LogP contribution in [0.3, 0.4) is 0 Å². The van der Waals surface area contributed by atoms with Crippen molar-refractivity contribution >= 4 is 11.9 Å².